The van der Waals surface area contributed by atoms with Crippen LogP contribution < -0.4 is 5.32 Å². The van der Waals surface area contributed by atoms with E-state index in [0.29, 0.717) is 19.5 Å². The Morgan fingerprint density at radius 2 is 2.41 bits per heavy atom. The van der Waals surface area contributed by atoms with Gasteiger partial charge in [-0.15, -0.1) is 11.8 Å². The van der Waals surface area contributed by atoms with E-state index < -0.39 is 0 Å². The van der Waals surface area contributed by atoms with Gasteiger partial charge in [0.25, 0.3) is 0 Å². The van der Waals surface area contributed by atoms with Gasteiger partial charge in [0.2, 0.25) is 0 Å². The highest BCUT2D eigenvalue weighted by Gasteiger charge is 2.24. The molecule has 2 N–H and O–H groups in total. The Bertz CT molecular complexity index is 411. The summed E-state index contributed by atoms with van der Waals surface area (Å²) in [5.41, 5.74) is 0.795. The van der Waals surface area contributed by atoms with E-state index in [0.717, 1.165) is 10.6 Å². The lowest BCUT2D eigenvalue weighted by atomic mass is 10.3. The molecule has 0 aliphatic carbocycles. The molecule has 92 valence electrons. The number of rotatable bonds is 2. The summed E-state index contributed by atoms with van der Waals surface area (Å²) in [7, 11) is 0. The molecule has 1 heterocycles. The number of carbonyl (C=O) groups is 1. The minimum Gasteiger partial charge on any atom is -0.391 e. The Morgan fingerprint density at radius 3 is 3.06 bits per heavy atom. The molecule has 5 heteroatoms. The van der Waals surface area contributed by atoms with Crippen molar-refractivity contribution in [2.24, 2.45) is 0 Å². The van der Waals surface area contributed by atoms with Gasteiger partial charge in [-0.25, -0.2) is 4.79 Å². The summed E-state index contributed by atoms with van der Waals surface area (Å²) in [6.07, 6.45) is 2.29. The second kappa shape index (κ2) is 5.42. The number of amides is 2. The minimum absolute atomic E-state index is 0.139. The first-order chi connectivity index (χ1) is 8.19. The number of nitrogens with zero attached hydrogens (tertiary/aromatic N) is 1. The number of thioether (sulfide) groups is 1. The van der Waals surface area contributed by atoms with E-state index in [1.165, 1.54) is 0 Å². The topological polar surface area (TPSA) is 52.6 Å². The van der Waals surface area contributed by atoms with Crippen LogP contribution in [0.2, 0.25) is 0 Å². The number of likely N-dealkylation sites (tertiary alicyclic amines) is 1. The molecule has 1 aromatic rings. The summed E-state index contributed by atoms with van der Waals surface area (Å²) in [5, 5.41) is 12.2. The van der Waals surface area contributed by atoms with Gasteiger partial charge in [-0.05, 0) is 30.9 Å². The quantitative estimate of drug-likeness (QED) is 0.792. The van der Waals surface area contributed by atoms with E-state index in [1.54, 1.807) is 16.7 Å². The maximum atomic E-state index is 11.9. The summed E-state index contributed by atoms with van der Waals surface area (Å²) in [6, 6.07) is 7.58. The van der Waals surface area contributed by atoms with Crippen molar-refractivity contribution < 1.29 is 9.90 Å². The van der Waals surface area contributed by atoms with Crippen LogP contribution in [-0.2, 0) is 0 Å². The molecule has 1 fully saturated rings. The SMILES string of the molecule is CSc1cccc(NC(=O)N2CC[C@H](O)C2)c1. The van der Waals surface area contributed by atoms with Gasteiger partial charge in [-0.2, -0.15) is 0 Å². The second-order valence-electron chi connectivity index (χ2n) is 4.05. The zero-order chi connectivity index (χ0) is 12.3. The van der Waals surface area contributed by atoms with Gasteiger partial charge in [0, 0.05) is 23.7 Å². The first-order valence-corrected chi connectivity index (χ1v) is 6.79. The van der Waals surface area contributed by atoms with E-state index in [1.807, 2.05) is 30.5 Å². The van der Waals surface area contributed by atoms with Gasteiger partial charge in [0.05, 0.1) is 6.10 Å². The minimum atomic E-state index is -0.377. The maximum Gasteiger partial charge on any atom is 0.321 e. The molecule has 17 heavy (non-hydrogen) atoms. The molecule has 2 rings (SSSR count). The van der Waals surface area contributed by atoms with E-state index >= 15 is 0 Å². The average Bonchev–Trinajstić information content (AvgIpc) is 2.76. The third-order valence-corrected chi connectivity index (χ3v) is 3.50. The summed E-state index contributed by atoms with van der Waals surface area (Å²) in [4.78, 5) is 14.6. The lowest BCUT2D eigenvalue weighted by Gasteiger charge is -2.16. The fourth-order valence-corrected chi connectivity index (χ4v) is 2.29. The number of anilines is 1. The molecule has 0 spiro atoms. The average molecular weight is 252 g/mol. The summed E-state index contributed by atoms with van der Waals surface area (Å²) in [6.45, 7) is 1.04. The van der Waals surface area contributed by atoms with Gasteiger partial charge in [0.15, 0.2) is 0 Å². The van der Waals surface area contributed by atoms with Crippen LogP contribution in [0.4, 0.5) is 10.5 Å². The lowest BCUT2D eigenvalue weighted by Crippen LogP contribution is -2.33. The van der Waals surface area contributed by atoms with Gasteiger partial charge < -0.3 is 15.3 Å². The number of aliphatic hydroxyl groups is 1. The summed E-state index contributed by atoms with van der Waals surface area (Å²) >= 11 is 1.64. The molecular weight excluding hydrogens is 236 g/mol. The molecule has 0 bridgehead atoms. The number of carbonyl (C=O) groups excluding carboxylic acids is 1. The van der Waals surface area contributed by atoms with Gasteiger partial charge >= 0.3 is 6.03 Å². The highest BCUT2D eigenvalue weighted by molar-refractivity contribution is 7.98. The van der Waals surface area contributed by atoms with Crippen LogP contribution in [0.25, 0.3) is 0 Å². The van der Waals surface area contributed by atoms with Gasteiger partial charge in [-0.3, -0.25) is 0 Å². The van der Waals surface area contributed by atoms with Crippen LogP contribution in [-0.4, -0.2) is 41.5 Å². The monoisotopic (exact) mass is 252 g/mol. The molecule has 0 unspecified atom stereocenters. The van der Waals surface area contributed by atoms with E-state index in [9.17, 15) is 9.90 Å². The number of hydrogen-bond acceptors (Lipinski definition) is 3. The third kappa shape index (κ3) is 3.14. The van der Waals surface area contributed by atoms with Crippen molar-refractivity contribution in [1.29, 1.82) is 0 Å². The first-order valence-electron chi connectivity index (χ1n) is 5.57. The number of β-amino-alcohol motifs (C(OH)–C–C–N with tert-alkyl or cyclic N) is 1. The normalized spacial score (nSPS) is 19.4. The van der Waals surface area contributed by atoms with Crippen LogP contribution in [0.1, 0.15) is 6.42 Å². The van der Waals surface area contributed by atoms with Crippen molar-refractivity contribution in [2.45, 2.75) is 17.4 Å². The zero-order valence-electron chi connectivity index (χ0n) is 9.72. The van der Waals surface area contributed by atoms with Gasteiger partial charge in [0.1, 0.15) is 0 Å². The Balaban J connectivity index is 1.98. The zero-order valence-corrected chi connectivity index (χ0v) is 10.5. The van der Waals surface area contributed by atoms with Crippen LogP contribution in [0.3, 0.4) is 0 Å². The molecule has 1 aromatic carbocycles. The standard InChI is InChI=1S/C12H16N2O2S/c1-17-11-4-2-3-9(7-11)13-12(16)14-6-5-10(15)8-14/h2-4,7,10,15H,5-6,8H2,1H3,(H,13,16)/t10-/m0/s1. The Labute approximate surface area is 105 Å². The molecule has 0 radical (unpaired) electrons. The first kappa shape index (κ1) is 12.3. The summed E-state index contributed by atoms with van der Waals surface area (Å²) < 4.78 is 0. The van der Waals surface area contributed by atoms with E-state index in [2.05, 4.69) is 5.32 Å². The summed E-state index contributed by atoms with van der Waals surface area (Å²) in [5.74, 6) is 0. The number of hydrogen-bond donors (Lipinski definition) is 2. The highest BCUT2D eigenvalue weighted by atomic mass is 32.2. The molecule has 1 aliphatic rings. The fraction of sp³-hybridized carbons (Fsp3) is 0.417. The molecule has 1 atom stereocenters. The molecule has 1 aliphatic heterocycles. The molecule has 2 amide bonds. The van der Waals surface area contributed by atoms with Crippen LogP contribution in [0.15, 0.2) is 29.2 Å². The number of urea groups is 1. The smallest absolute Gasteiger partial charge is 0.321 e. The maximum absolute atomic E-state index is 11.9. The van der Waals surface area contributed by atoms with Crippen LogP contribution in [0, 0.1) is 0 Å². The van der Waals surface area contributed by atoms with Crippen molar-refractivity contribution in [3.05, 3.63) is 24.3 Å². The highest BCUT2D eigenvalue weighted by Crippen LogP contribution is 2.19. The van der Waals surface area contributed by atoms with E-state index in [4.69, 9.17) is 0 Å². The van der Waals surface area contributed by atoms with Gasteiger partial charge in [-0.1, -0.05) is 6.07 Å². The van der Waals surface area contributed by atoms with Crippen molar-refractivity contribution in [3.8, 4) is 0 Å². The van der Waals surface area contributed by atoms with Crippen molar-refractivity contribution in [3.63, 3.8) is 0 Å². The lowest BCUT2D eigenvalue weighted by molar-refractivity contribution is 0.176. The molecule has 0 aromatic heterocycles. The molecule has 4 nitrogen and oxygen atoms in total. The van der Waals surface area contributed by atoms with Crippen LogP contribution >= 0.6 is 11.8 Å². The number of nitrogens with one attached hydrogen (secondary N) is 1. The Morgan fingerprint density at radius 1 is 1.59 bits per heavy atom. The Kier molecular flexibility index (Phi) is 3.91. The molecular formula is C12H16N2O2S. The predicted octanol–water partition coefficient (Wildman–Crippen LogP) is 2.01. The van der Waals surface area contributed by atoms with Crippen LogP contribution in [0.5, 0.6) is 0 Å². The fourth-order valence-electron chi connectivity index (χ4n) is 1.83. The molecule has 1 saturated heterocycles. The number of benzene rings is 1. The number of aliphatic hydroxyl groups excluding tert-OH is 1. The van der Waals surface area contributed by atoms with E-state index in [-0.39, 0.29) is 12.1 Å². The van der Waals surface area contributed by atoms with Crippen molar-refractivity contribution in [1.82, 2.24) is 4.90 Å². The third-order valence-electron chi connectivity index (χ3n) is 2.77. The largest absolute Gasteiger partial charge is 0.391 e. The predicted molar refractivity (Wildman–Crippen MR) is 69.4 cm³/mol. The second-order valence-corrected chi connectivity index (χ2v) is 4.93. The Hall–Kier alpha value is -1.20. The van der Waals surface area contributed by atoms with Crippen molar-refractivity contribution >= 4 is 23.5 Å². The van der Waals surface area contributed by atoms with Crippen molar-refractivity contribution in [2.75, 3.05) is 24.7 Å². The molecule has 0 saturated carbocycles.